The number of carboxylic acids is 2. The molecule has 0 aromatic heterocycles. The quantitative estimate of drug-likeness (QED) is 0.679. The Hall–Kier alpha value is -2.57. The van der Waals surface area contributed by atoms with Crippen molar-refractivity contribution in [3.63, 3.8) is 0 Å². The van der Waals surface area contributed by atoms with Gasteiger partial charge in [0.15, 0.2) is 0 Å². The first kappa shape index (κ1) is 15.5. The Kier molecular flexibility index (Phi) is 5.52. The maximum absolute atomic E-state index is 11.9. The van der Waals surface area contributed by atoms with Crippen LogP contribution in [0.5, 0.6) is 5.75 Å². The van der Waals surface area contributed by atoms with Crippen LogP contribution in [0, 0.1) is 0 Å². The predicted molar refractivity (Wildman–Crippen MR) is 68.8 cm³/mol. The number of carbonyl (C=O) groups excluding carboxylic acids is 1. The van der Waals surface area contributed by atoms with Crippen molar-refractivity contribution in [1.29, 1.82) is 0 Å². The van der Waals surface area contributed by atoms with Crippen LogP contribution >= 0.6 is 0 Å². The second kappa shape index (κ2) is 7.13. The van der Waals surface area contributed by atoms with Gasteiger partial charge < -0.3 is 20.3 Å². The molecule has 0 aliphatic heterocycles. The van der Waals surface area contributed by atoms with Gasteiger partial charge in [0.05, 0.1) is 7.11 Å². The molecule has 0 bridgehead atoms. The van der Waals surface area contributed by atoms with E-state index >= 15 is 0 Å². The van der Waals surface area contributed by atoms with Crippen molar-refractivity contribution in [2.45, 2.75) is 18.9 Å². The molecule has 7 heteroatoms. The molecule has 0 aliphatic carbocycles. The average molecular weight is 281 g/mol. The monoisotopic (exact) mass is 281 g/mol. The summed E-state index contributed by atoms with van der Waals surface area (Å²) in [4.78, 5) is 33.3. The second-order valence-electron chi connectivity index (χ2n) is 4.03. The van der Waals surface area contributed by atoms with E-state index in [1.807, 2.05) is 0 Å². The normalized spacial score (nSPS) is 11.4. The Balaban J connectivity index is 2.74. The number of hydrogen-bond acceptors (Lipinski definition) is 4. The van der Waals surface area contributed by atoms with Crippen LogP contribution in [-0.2, 0) is 9.59 Å². The lowest BCUT2D eigenvalue weighted by Crippen LogP contribution is -2.41. The summed E-state index contributed by atoms with van der Waals surface area (Å²) >= 11 is 0. The van der Waals surface area contributed by atoms with E-state index in [-0.39, 0.29) is 18.4 Å². The first-order valence-electron chi connectivity index (χ1n) is 5.83. The van der Waals surface area contributed by atoms with Crippen LogP contribution < -0.4 is 10.1 Å². The lowest BCUT2D eigenvalue weighted by Gasteiger charge is -2.13. The lowest BCUT2D eigenvalue weighted by molar-refractivity contribution is -0.140. The highest BCUT2D eigenvalue weighted by Gasteiger charge is 2.21. The number of aliphatic carboxylic acids is 2. The van der Waals surface area contributed by atoms with Crippen molar-refractivity contribution in [3.05, 3.63) is 29.8 Å². The number of benzene rings is 1. The molecular formula is C13H15NO6. The van der Waals surface area contributed by atoms with Crippen LogP contribution in [0.2, 0.25) is 0 Å². The fraction of sp³-hybridized carbons (Fsp3) is 0.308. The van der Waals surface area contributed by atoms with Gasteiger partial charge in [0, 0.05) is 12.0 Å². The third-order valence-electron chi connectivity index (χ3n) is 2.58. The fourth-order valence-corrected chi connectivity index (χ4v) is 1.53. The maximum Gasteiger partial charge on any atom is 0.326 e. The van der Waals surface area contributed by atoms with E-state index in [4.69, 9.17) is 14.9 Å². The van der Waals surface area contributed by atoms with Crippen molar-refractivity contribution >= 4 is 17.8 Å². The van der Waals surface area contributed by atoms with Gasteiger partial charge in [-0.15, -0.1) is 0 Å². The standard InChI is InChI=1S/C13H15NO6/c1-20-9-4-2-3-8(7-9)12(17)14-10(13(18)19)5-6-11(15)16/h2-4,7,10H,5-6H2,1H3,(H,14,17)(H,15,16)(H,18,19). The summed E-state index contributed by atoms with van der Waals surface area (Å²) in [6, 6.07) is 4.97. The van der Waals surface area contributed by atoms with Crippen molar-refractivity contribution in [1.82, 2.24) is 5.32 Å². The van der Waals surface area contributed by atoms with Gasteiger partial charge in [-0.3, -0.25) is 9.59 Å². The molecule has 0 spiro atoms. The lowest BCUT2D eigenvalue weighted by atomic mass is 10.1. The second-order valence-corrected chi connectivity index (χ2v) is 4.03. The summed E-state index contributed by atoms with van der Waals surface area (Å²) in [7, 11) is 1.45. The number of methoxy groups -OCH3 is 1. The summed E-state index contributed by atoms with van der Waals surface area (Å²) < 4.78 is 4.96. The first-order valence-corrected chi connectivity index (χ1v) is 5.83. The van der Waals surface area contributed by atoms with Gasteiger partial charge in [-0.2, -0.15) is 0 Å². The number of hydrogen-bond donors (Lipinski definition) is 3. The average Bonchev–Trinajstić information content (AvgIpc) is 2.42. The molecule has 0 radical (unpaired) electrons. The molecule has 108 valence electrons. The molecule has 20 heavy (non-hydrogen) atoms. The molecule has 1 aromatic carbocycles. The smallest absolute Gasteiger partial charge is 0.326 e. The largest absolute Gasteiger partial charge is 0.497 e. The molecule has 0 fully saturated rings. The minimum Gasteiger partial charge on any atom is -0.497 e. The Morgan fingerprint density at radius 3 is 2.55 bits per heavy atom. The van der Waals surface area contributed by atoms with E-state index in [1.54, 1.807) is 12.1 Å². The van der Waals surface area contributed by atoms with Crippen molar-refractivity contribution in [2.75, 3.05) is 7.11 Å². The van der Waals surface area contributed by atoms with Crippen LogP contribution in [0.15, 0.2) is 24.3 Å². The topological polar surface area (TPSA) is 113 Å². The number of carbonyl (C=O) groups is 3. The van der Waals surface area contributed by atoms with E-state index in [1.165, 1.54) is 19.2 Å². The van der Waals surface area contributed by atoms with Crippen molar-refractivity contribution < 1.29 is 29.3 Å². The Bertz CT molecular complexity index is 513. The third kappa shape index (κ3) is 4.60. The zero-order valence-electron chi connectivity index (χ0n) is 10.8. The zero-order valence-corrected chi connectivity index (χ0v) is 10.8. The summed E-state index contributed by atoms with van der Waals surface area (Å²) in [6.45, 7) is 0. The third-order valence-corrected chi connectivity index (χ3v) is 2.58. The maximum atomic E-state index is 11.9. The van der Waals surface area contributed by atoms with Crippen LogP contribution in [0.25, 0.3) is 0 Å². The first-order chi connectivity index (χ1) is 9.43. The van der Waals surface area contributed by atoms with Gasteiger partial charge in [0.1, 0.15) is 11.8 Å². The molecule has 0 saturated heterocycles. The molecule has 1 unspecified atom stereocenters. The zero-order chi connectivity index (χ0) is 15.1. The van der Waals surface area contributed by atoms with Gasteiger partial charge in [0.2, 0.25) is 0 Å². The molecular weight excluding hydrogens is 266 g/mol. The molecule has 1 aromatic rings. The Morgan fingerprint density at radius 2 is 2.00 bits per heavy atom. The van der Waals surface area contributed by atoms with Gasteiger partial charge >= 0.3 is 11.9 Å². The van der Waals surface area contributed by atoms with Crippen LogP contribution in [0.1, 0.15) is 23.2 Å². The Labute approximate surface area is 115 Å². The molecule has 1 atom stereocenters. The fourth-order valence-electron chi connectivity index (χ4n) is 1.53. The van der Waals surface area contributed by atoms with Crippen LogP contribution in [0.3, 0.4) is 0 Å². The number of carboxylic acid groups (broad SMARTS) is 2. The van der Waals surface area contributed by atoms with Crippen molar-refractivity contribution in [2.24, 2.45) is 0 Å². The van der Waals surface area contributed by atoms with Crippen molar-refractivity contribution in [3.8, 4) is 5.75 Å². The van der Waals surface area contributed by atoms with Gasteiger partial charge in [0.25, 0.3) is 5.91 Å². The van der Waals surface area contributed by atoms with Crippen LogP contribution in [-0.4, -0.2) is 41.2 Å². The summed E-state index contributed by atoms with van der Waals surface area (Å²) in [5, 5.41) is 19.8. The highest BCUT2D eigenvalue weighted by atomic mass is 16.5. The SMILES string of the molecule is COc1cccc(C(=O)NC(CCC(=O)O)C(=O)O)c1. The molecule has 3 N–H and O–H groups in total. The molecule has 0 heterocycles. The summed E-state index contributed by atoms with van der Waals surface area (Å²) in [6.07, 6.45) is -0.518. The number of nitrogens with one attached hydrogen (secondary N) is 1. The van der Waals surface area contributed by atoms with E-state index < -0.39 is 23.9 Å². The Morgan fingerprint density at radius 1 is 1.30 bits per heavy atom. The minimum atomic E-state index is -1.28. The van der Waals surface area contributed by atoms with Gasteiger partial charge in [-0.05, 0) is 24.6 Å². The number of amides is 1. The van der Waals surface area contributed by atoms with E-state index in [0.717, 1.165) is 0 Å². The molecule has 0 aliphatic rings. The summed E-state index contributed by atoms with van der Waals surface area (Å²) in [5.74, 6) is -2.52. The highest BCUT2D eigenvalue weighted by molar-refractivity contribution is 5.97. The van der Waals surface area contributed by atoms with E-state index in [2.05, 4.69) is 5.32 Å². The van der Waals surface area contributed by atoms with E-state index in [0.29, 0.717) is 5.75 Å². The van der Waals surface area contributed by atoms with Crippen LogP contribution in [0.4, 0.5) is 0 Å². The number of rotatable bonds is 7. The molecule has 0 saturated carbocycles. The summed E-state index contributed by atoms with van der Waals surface area (Å²) in [5.41, 5.74) is 0.242. The molecule has 1 amide bonds. The predicted octanol–water partition coefficient (Wildman–Crippen LogP) is 0.743. The van der Waals surface area contributed by atoms with Gasteiger partial charge in [-0.25, -0.2) is 4.79 Å². The highest BCUT2D eigenvalue weighted by Crippen LogP contribution is 2.12. The molecule has 1 rings (SSSR count). The van der Waals surface area contributed by atoms with Gasteiger partial charge in [-0.1, -0.05) is 6.07 Å². The minimum absolute atomic E-state index is 0.180. The van der Waals surface area contributed by atoms with E-state index in [9.17, 15) is 14.4 Å². The number of ether oxygens (including phenoxy) is 1. The molecule has 7 nitrogen and oxygen atoms in total.